The number of benzene rings is 4. The summed E-state index contributed by atoms with van der Waals surface area (Å²) >= 11 is 0. The van der Waals surface area contributed by atoms with Crippen molar-refractivity contribution >= 4 is 39.4 Å². The summed E-state index contributed by atoms with van der Waals surface area (Å²) < 4.78 is 5.44. The maximum Gasteiger partial charge on any atom is 0.275 e. The molecular formula is C27H25N3O2. The summed E-state index contributed by atoms with van der Waals surface area (Å²) in [6.07, 6.45) is 4.19. The molecule has 1 fully saturated rings. The van der Waals surface area contributed by atoms with Gasteiger partial charge < -0.3 is 9.64 Å². The van der Waals surface area contributed by atoms with Gasteiger partial charge in [0.15, 0.2) is 0 Å². The van der Waals surface area contributed by atoms with Crippen LogP contribution in [0.4, 0.5) is 5.69 Å². The van der Waals surface area contributed by atoms with Gasteiger partial charge >= 0.3 is 0 Å². The van der Waals surface area contributed by atoms with Crippen LogP contribution in [0, 0.1) is 0 Å². The quantitative estimate of drug-likeness (QED) is 0.347. The maximum absolute atomic E-state index is 12.8. The van der Waals surface area contributed by atoms with Crippen molar-refractivity contribution in [3.05, 3.63) is 83.9 Å². The Morgan fingerprint density at radius 2 is 1.62 bits per heavy atom. The first-order chi connectivity index (χ1) is 15.7. The highest BCUT2D eigenvalue weighted by Gasteiger charge is 2.16. The number of amides is 1. The Labute approximate surface area is 187 Å². The van der Waals surface area contributed by atoms with Crippen LogP contribution >= 0.6 is 0 Å². The van der Waals surface area contributed by atoms with Gasteiger partial charge in [0.05, 0.1) is 18.9 Å². The van der Waals surface area contributed by atoms with E-state index in [0.29, 0.717) is 11.3 Å². The lowest BCUT2D eigenvalue weighted by Gasteiger charge is -2.20. The van der Waals surface area contributed by atoms with Crippen LogP contribution in [0.5, 0.6) is 5.75 Å². The minimum absolute atomic E-state index is 0.304. The van der Waals surface area contributed by atoms with Crippen molar-refractivity contribution in [2.75, 3.05) is 25.1 Å². The molecular weight excluding hydrogens is 398 g/mol. The second-order valence-electron chi connectivity index (χ2n) is 8.01. The highest BCUT2D eigenvalue weighted by molar-refractivity contribution is 6.06. The van der Waals surface area contributed by atoms with Crippen LogP contribution < -0.4 is 15.1 Å². The number of anilines is 1. The van der Waals surface area contributed by atoms with Crippen molar-refractivity contribution in [2.45, 2.75) is 12.8 Å². The molecule has 0 aliphatic carbocycles. The summed E-state index contributed by atoms with van der Waals surface area (Å²) in [6, 6.07) is 24.2. The molecule has 160 valence electrons. The van der Waals surface area contributed by atoms with Crippen LogP contribution in [0.25, 0.3) is 21.5 Å². The zero-order chi connectivity index (χ0) is 21.9. The summed E-state index contributed by atoms with van der Waals surface area (Å²) in [5, 5.41) is 8.59. The van der Waals surface area contributed by atoms with E-state index in [1.807, 2.05) is 42.5 Å². The number of carbonyl (C=O) groups excluding carboxylic acids is 1. The molecule has 1 aliphatic rings. The van der Waals surface area contributed by atoms with Gasteiger partial charge in [0.2, 0.25) is 0 Å². The van der Waals surface area contributed by atoms with Crippen molar-refractivity contribution in [1.82, 2.24) is 5.43 Å². The Kier molecular flexibility index (Phi) is 5.46. The average Bonchev–Trinajstić information content (AvgIpc) is 3.38. The number of fused-ring (bicyclic) bond motifs is 2. The van der Waals surface area contributed by atoms with E-state index >= 15 is 0 Å². The van der Waals surface area contributed by atoms with Crippen LogP contribution in [0.1, 0.15) is 28.8 Å². The van der Waals surface area contributed by atoms with Crippen LogP contribution in [0.15, 0.2) is 77.9 Å². The number of methoxy groups -OCH3 is 1. The first kappa shape index (κ1) is 20.1. The van der Waals surface area contributed by atoms with E-state index in [4.69, 9.17) is 4.74 Å². The molecule has 1 amide bonds. The van der Waals surface area contributed by atoms with Gasteiger partial charge in [-0.15, -0.1) is 0 Å². The van der Waals surface area contributed by atoms with Crippen LogP contribution in [0.2, 0.25) is 0 Å². The van der Waals surface area contributed by atoms with Gasteiger partial charge in [-0.05, 0) is 47.2 Å². The summed E-state index contributed by atoms with van der Waals surface area (Å²) in [5.41, 5.74) is 5.35. The zero-order valence-electron chi connectivity index (χ0n) is 18.0. The van der Waals surface area contributed by atoms with Crippen LogP contribution in [0.3, 0.4) is 0 Å². The Morgan fingerprint density at radius 3 is 2.38 bits per heavy atom. The molecule has 32 heavy (non-hydrogen) atoms. The van der Waals surface area contributed by atoms with Gasteiger partial charge in [-0.1, -0.05) is 54.6 Å². The second-order valence-corrected chi connectivity index (χ2v) is 8.01. The molecule has 1 aliphatic heterocycles. The minimum atomic E-state index is -0.304. The lowest BCUT2D eigenvalue weighted by atomic mass is 10.0. The molecule has 0 atom stereocenters. The third-order valence-electron chi connectivity index (χ3n) is 6.06. The second kappa shape index (κ2) is 8.71. The fourth-order valence-corrected chi connectivity index (χ4v) is 4.44. The molecule has 5 heteroatoms. The molecule has 5 nitrogen and oxygen atoms in total. The molecule has 0 radical (unpaired) electrons. The zero-order valence-corrected chi connectivity index (χ0v) is 18.0. The van der Waals surface area contributed by atoms with E-state index in [-0.39, 0.29) is 5.91 Å². The third kappa shape index (κ3) is 3.78. The summed E-state index contributed by atoms with van der Waals surface area (Å²) in [7, 11) is 1.57. The monoisotopic (exact) mass is 423 g/mol. The summed E-state index contributed by atoms with van der Waals surface area (Å²) in [5.74, 6) is 0.221. The number of nitrogens with zero attached hydrogens (tertiary/aromatic N) is 2. The van der Waals surface area contributed by atoms with Crippen molar-refractivity contribution in [2.24, 2.45) is 5.10 Å². The maximum atomic E-state index is 12.8. The van der Waals surface area contributed by atoms with Crippen molar-refractivity contribution in [3.63, 3.8) is 0 Å². The molecule has 0 unspecified atom stereocenters. The van der Waals surface area contributed by atoms with Crippen molar-refractivity contribution < 1.29 is 9.53 Å². The summed E-state index contributed by atoms with van der Waals surface area (Å²) in [6.45, 7) is 2.20. The molecule has 4 aromatic carbocycles. The van der Waals surface area contributed by atoms with Gasteiger partial charge in [0, 0.05) is 29.7 Å². The fourth-order valence-electron chi connectivity index (χ4n) is 4.44. The predicted molar refractivity (Wildman–Crippen MR) is 131 cm³/mol. The molecule has 1 N–H and O–H groups in total. The van der Waals surface area contributed by atoms with E-state index in [1.54, 1.807) is 13.3 Å². The highest BCUT2D eigenvalue weighted by Crippen LogP contribution is 2.31. The number of hydrogen-bond donors (Lipinski definition) is 1. The smallest absolute Gasteiger partial charge is 0.275 e. The minimum Gasteiger partial charge on any atom is -0.496 e. The van der Waals surface area contributed by atoms with Gasteiger partial charge in [0.25, 0.3) is 5.91 Å². The molecule has 0 bridgehead atoms. The SMILES string of the molecule is COc1cc2ccccc2cc1C(=O)N/N=C\c1ccc(N2CCCC2)c2ccccc12. The Balaban J connectivity index is 1.41. The van der Waals surface area contributed by atoms with E-state index in [9.17, 15) is 4.79 Å². The summed E-state index contributed by atoms with van der Waals surface area (Å²) in [4.78, 5) is 15.3. The first-order valence-corrected chi connectivity index (χ1v) is 10.9. The number of hydrogen-bond acceptors (Lipinski definition) is 4. The van der Waals surface area contributed by atoms with E-state index in [2.05, 4.69) is 45.8 Å². The Morgan fingerprint density at radius 1 is 0.938 bits per heavy atom. The van der Waals surface area contributed by atoms with Gasteiger partial charge in [0.1, 0.15) is 5.75 Å². The van der Waals surface area contributed by atoms with E-state index < -0.39 is 0 Å². The molecule has 1 heterocycles. The Hall–Kier alpha value is -3.86. The number of rotatable bonds is 5. The number of nitrogens with one attached hydrogen (secondary N) is 1. The first-order valence-electron chi connectivity index (χ1n) is 10.9. The lowest BCUT2D eigenvalue weighted by molar-refractivity contribution is 0.0952. The number of ether oxygens (including phenoxy) is 1. The Bertz CT molecular complexity index is 1320. The van der Waals surface area contributed by atoms with Gasteiger partial charge in [-0.3, -0.25) is 4.79 Å². The van der Waals surface area contributed by atoms with Gasteiger partial charge in [-0.25, -0.2) is 5.43 Å². The molecule has 1 saturated heterocycles. The van der Waals surface area contributed by atoms with E-state index in [1.165, 1.54) is 23.9 Å². The molecule has 0 saturated carbocycles. The predicted octanol–water partition coefficient (Wildman–Crippen LogP) is 5.37. The highest BCUT2D eigenvalue weighted by atomic mass is 16.5. The average molecular weight is 424 g/mol. The molecule has 4 aromatic rings. The number of hydrazone groups is 1. The number of carbonyl (C=O) groups is 1. The van der Waals surface area contributed by atoms with Crippen molar-refractivity contribution in [1.29, 1.82) is 0 Å². The van der Waals surface area contributed by atoms with Gasteiger partial charge in [-0.2, -0.15) is 5.10 Å². The third-order valence-corrected chi connectivity index (χ3v) is 6.06. The largest absolute Gasteiger partial charge is 0.496 e. The molecule has 0 spiro atoms. The fraction of sp³-hybridized carbons (Fsp3) is 0.185. The topological polar surface area (TPSA) is 53.9 Å². The van der Waals surface area contributed by atoms with Crippen LogP contribution in [-0.2, 0) is 0 Å². The van der Waals surface area contributed by atoms with E-state index in [0.717, 1.165) is 34.8 Å². The molecule has 0 aromatic heterocycles. The molecule has 5 rings (SSSR count). The normalized spacial score (nSPS) is 13.8. The van der Waals surface area contributed by atoms with Crippen molar-refractivity contribution in [3.8, 4) is 5.75 Å². The standard InChI is InChI=1S/C27H25N3O2/c1-32-26-17-20-9-3-2-8-19(20)16-24(26)27(31)29-28-18-21-12-13-25(30-14-6-7-15-30)23-11-5-4-10-22(21)23/h2-5,8-13,16-18H,6-7,14-15H2,1H3,(H,29,31)/b28-18-. The van der Waals surface area contributed by atoms with Crippen LogP contribution in [-0.4, -0.2) is 32.3 Å². The lowest BCUT2D eigenvalue weighted by Crippen LogP contribution is -2.19.